The molecule has 0 aliphatic heterocycles. The average Bonchev–Trinajstić information content (AvgIpc) is 2.30. The number of aliphatic hydroxyl groups excluding tert-OH is 2. The lowest BCUT2D eigenvalue weighted by Crippen LogP contribution is -2.28. The van der Waals surface area contributed by atoms with Crippen LogP contribution >= 0.6 is 15.9 Å². The zero-order valence-electron chi connectivity index (χ0n) is 8.97. The van der Waals surface area contributed by atoms with Crippen LogP contribution in [-0.2, 0) is 6.54 Å². The highest BCUT2D eigenvalue weighted by Crippen LogP contribution is 2.25. The number of halogens is 1. The summed E-state index contributed by atoms with van der Waals surface area (Å²) in [4.78, 5) is 10.2. The van der Waals surface area contributed by atoms with E-state index in [1.807, 2.05) is 0 Å². The summed E-state index contributed by atoms with van der Waals surface area (Å²) in [7, 11) is 0. The van der Waals surface area contributed by atoms with Crippen LogP contribution < -0.4 is 5.32 Å². The van der Waals surface area contributed by atoms with Gasteiger partial charge in [-0.05, 0) is 27.6 Å². The molecule has 0 radical (unpaired) electrons. The van der Waals surface area contributed by atoms with Crippen molar-refractivity contribution in [2.24, 2.45) is 0 Å². The van der Waals surface area contributed by atoms with Crippen molar-refractivity contribution in [3.05, 3.63) is 38.3 Å². The number of hydrogen-bond acceptors (Lipinski definition) is 5. The third-order valence-corrected chi connectivity index (χ3v) is 2.80. The Morgan fingerprint density at radius 1 is 1.53 bits per heavy atom. The molecular formula is C10H13BrN2O4. The summed E-state index contributed by atoms with van der Waals surface area (Å²) in [6, 6.07) is 4.81. The molecule has 17 heavy (non-hydrogen) atoms. The first-order valence-electron chi connectivity index (χ1n) is 4.97. The second-order valence-corrected chi connectivity index (χ2v) is 4.36. The van der Waals surface area contributed by atoms with Crippen LogP contribution in [0.3, 0.4) is 0 Å². The normalized spacial score (nSPS) is 12.4. The minimum absolute atomic E-state index is 0.00649. The first-order valence-corrected chi connectivity index (χ1v) is 5.76. The largest absolute Gasteiger partial charge is 0.394 e. The SMILES string of the molecule is O=[N+]([O-])c1cc(CNC[C@@H](O)CO)ccc1Br. The highest BCUT2D eigenvalue weighted by Gasteiger charge is 2.12. The fourth-order valence-electron chi connectivity index (χ4n) is 1.26. The van der Waals surface area contributed by atoms with Crippen molar-refractivity contribution in [3.63, 3.8) is 0 Å². The van der Waals surface area contributed by atoms with Crippen LogP contribution in [-0.4, -0.2) is 34.4 Å². The van der Waals surface area contributed by atoms with Gasteiger partial charge in [-0.3, -0.25) is 10.1 Å². The maximum Gasteiger partial charge on any atom is 0.283 e. The molecule has 0 bridgehead atoms. The minimum atomic E-state index is -0.819. The fraction of sp³-hybridized carbons (Fsp3) is 0.400. The summed E-state index contributed by atoms with van der Waals surface area (Å²) < 4.78 is 0.432. The quantitative estimate of drug-likeness (QED) is 0.534. The van der Waals surface area contributed by atoms with Gasteiger partial charge in [0.2, 0.25) is 0 Å². The van der Waals surface area contributed by atoms with Crippen molar-refractivity contribution in [1.82, 2.24) is 5.32 Å². The van der Waals surface area contributed by atoms with E-state index in [4.69, 9.17) is 10.2 Å². The summed E-state index contributed by atoms with van der Waals surface area (Å²) >= 11 is 3.10. The Bertz CT molecular complexity index is 400. The Morgan fingerprint density at radius 3 is 2.82 bits per heavy atom. The first kappa shape index (κ1) is 14.0. The predicted molar refractivity (Wildman–Crippen MR) is 65.6 cm³/mol. The van der Waals surface area contributed by atoms with E-state index in [-0.39, 0.29) is 18.8 Å². The van der Waals surface area contributed by atoms with E-state index in [1.54, 1.807) is 12.1 Å². The lowest BCUT2D eigenvalue weighted by Gasteiger charge is -2.08. The number of hydrogen-bond donors (Lipinski definition) is 3. The monoisotopic (exact) mass is 304 g/mol. The van der Waals surface area contributed by atoms with Crippen LogP contribution in [0.4, 0.5) is 5.69 Å². The number of nitro groups is 1. The van der Waals surface area contributed by atoms with Crippen molar-refractivity contribution in [3.8, 4) is 0 Å². The second kappa shape index (κ2) is 6.65. The van der Waals surface area contributed by atoms with Crippen molar-refractivity contribution in [2.75, 3.05) is 13.2 Å². The van der Waals surface area contributed by atoms with Gasteiger partial charge in [0.1, 0.15) is 0 Å². The lowest BCUT2D eigenvalue weighted by atomic mass is 10.2. The molecule has 0 aliphatic carbocycles. The Labute approximate surface area is 107 Å². The van der Waals surface area contributed by atoms with E-state index >= 15 is 0 Å². The van der Waals surface area contributed by atoms with Crippen LogP contribution in [0.25, 0.3) is 0 Å². The molecule has 0 saturated carbocycles. The third-order valence-electron chi connectivity index (χ3n) is 2.13. The number of nitro benzene ring substituents is 1. The van der Waals surface area contributed by atoms with Gasteiger partial charge in [-0.15, -0.1) is 0 Å². The van der Waals surface area contributed by atoms with E-state index in [0.717, 1.165) is 5.56 Å². The summed E-state index contributed by atoms with van der Waals surface area (Å²) in [5, 5.41) is 31.3. The van der Waals surface area contributed by atoms with Crippen LogP contribution in [0, 0.1) is 10.1 Å². The molecule has 94 valence electrons. The molecule has 0 amide bonds. The summed E-state index contributed by atoms with van der Waals surface area (Å²) in [6.07, 6.45) is -0.819. The molecule has 0 aromatic heterocycles. The van der Waals surface area contributed by atoms with E-state index < -0.39 is 11.0 Å². The highest BCUT2D eigenvalue weighted by molar-refractivity contribution is 9.10. The van der Waals surface area contributed by atoms with E-state index in [1.165, 1.54) is 6.07 Å². The average molecular weight is 305 g/mol. The van der Waals surface area contributed by atoms with Gasteiger partial charge in [0.05, 0.1) is 22.1 Å². The molecule has 7 heteroatoms. The summed E-state index contributed by atoms with van der Waals surface area (Å²) in [5.74, 6) is 0. The number of nitrogens with zero attached hydrogens (tertiary/aromatic N) is 1. The Balaban J connectivity index is 2.60. The van der Waals surface area contributed by atoms with Gasteiger partial charge >= 0.3 is 0 Å². The lowest BCUT2D eigenvalue weighted by molar-refractivity contribution is -0.385. The smallest absolute Gasteiger partial charge is 0.283 e. The van der Waals surface area contributed by atoms with Gasteiger partial charge in [0, 0.05) is 19.2 Å². The molecule has 3 N–H and O–H groups in total. The fourth-order valence-corrected chi connectivity index (χ4v) is 1.65. The van der Waals surface area contributed by atoms with Gasteiger partial charge in [-0.1, -0.05) is 6.07 Å². The van der Waals surface area contributed by atoms with Gasteiger partial charge in [-0.2, -0.15) is 0 Å². The van der Waals surface area contributed by atoms with Crippen molar-refractivity contribution in [1.29, 1.82) is 0 Å². The Kier molecular flexibility index (Phi) is 5.49. The molecule has 0 heterocycles. The molecule has 0 spiro atoms. The zero-order chi connectivity index (χ0) is 12.8. The second-order valence-electron chi connectivity index (χ2n) is 3.51. The highest BCUT2D eigenvalue weighted by atomic mass is 79.9. The molecule has 1 aromatic carbocycles. The van der Waals surface area contributed by atoms with Crippen LogP contribution in [0.2, 0.25) is 0 Å². The van der Waals surface area contributed by atoms with Crippen LogP contribution in [0.15, 0.2) is 22.7 Å². The Morgan fingerprint density at radius 2 is 2.24 bits per heavy atom. The van der Waals surface area contributed by atoms with E-state index in [0.29, 0.717) is 11.0 Å². The molecule has 0 aliphatic rings. The summed E-state index contributed by atoms with van der Waals surface area (Å²) in [6.45, 7) is 0.318. The first-order chi connectivity index (χ1) is 8.04. The van der Waals surface area contributed by atoms with E-state index in [2.05, 4.69) is 21.2 Å². The zero-order valence-corrected chi connectivity index (χ0v) is 10.6. The molecule has 1 aromatic rings. The van der Waals surface area contributed by atoms with Gasteiger partial charge in [0.25, 0.3) is 5.69 Å². The number of nitrogens with one attached hydrogen (secondary N) is 1. The van der Waals surface area contributed by atoms with Gasteiger partial charge in [0.15, 0.2) is 0 Å². The molecule has 1 rings (SSSR count). The minimum Gasteiger partial charge on any atom is -0.394 e. The maximum absolute atomic E-state index is 10.7. The van der Waals surface area contributed by atoms with Gasteiger partial charge in [-0.25, -0.2) is 0 Å². The maximum atomic E-state index is 10.7. The van der Waals surface area contributed by atoms with Crippen LogP contribution in [0.5, 0.6) is 0 Å². The van der Waals surface area contributed by atoms with E-state index in [9.17, 15) is 10.1 Å². The van der Waals surface area contributed by atoms with Gasteiger partial charge < -0.3 is 15.5 Å². The van der Waals surface area contributed by atoms with Crippen molar-refractivity contribution < 1.29 is 15.1 Å². The van der Waals surface area contributed by atoms with Crippen molar-refractivity contribution >= 4 is 21.6 Å². The molecule has 0 unspecified atom stereocenters. The van der Waals surface area contributed by atoms with Crippen LogP contribution in [0.1, 0.15) is 5.56 Å². The topological polar surface area (TPSA) is 95.6 Å². The molecule has 0 saturated heterocycles. The Hall–Kier alpha value is -1.02. The molecular weight excluding hydrogens is 292 g/mol. The number of benzene rings is 1. The standard InChI is InChI=1S/C10H13BrN2O4/c11-9-2-1-7(3-10(9)13(16)17)4-12-5-8(15)6-14/h1-3,8,12,14-15H,4-6H2/t8-/m1/s1. The molecule has 6 nitrogen and oxygen atoms in total. The predicted octanol–water partition coefficient (Wildman–Crippen LogP) is 0.800. The number of rotatable bonds is 6. The third kappa shape index (κ3) is 4.39. The summed E-state index contributed by atoms with van der Waals surface area (Å²) in [5.41, 5.74) is 0.747. The molecule has 0 fully saturated rings. The van der Waals surface area contributed by atoms with Crippen molar-refractivity contribution in [2.45, 2.75) is 12.6 Å². The number of aliphatic hydroxyl groups is 2. The molecule has 1 atom stereocenters.